The van der Waals surface area contributed by atoms with Gasteiger partial charge in [0.25, 0.3) is 0 Å². The number of rotatable bonds is 5. The summed E-state index contributed by atoms with van der Waals surface area (Å²) in [7, 11) is 0. The van der Waals surface area contributed by atoms with Gasteiger partial charge in [0.05, 0.1) is 0 Å². The zero-order chi connectivity index (χ0) is 18.7. The van der Waals surface area contributed by atoms with Gasteiger partial charge >= 0.3 is 0 Å². The Morgan fingerprint density at radius 1 is 1.04 bits per heavy atom. The van der Waals surface area contributed by atoms with Crippen LogP contribution >= 0.6 is 0 Å². The summed E-state index contributed by atoms with van der Waals surface area (Å²) in [5.74, 6) is -0.210. The Labute approximate surface area is 154 Å². The molecule has 1 aromatic rings. The molecule has 0 atom stereocenters. The van der Waals surface area contributed by atoms with E-state index >= 15 is 0 Å². The SMILES string of the molecule is CC(=O)NC1(C(=O)Nc2cc(NC(=O)C3CC3)ccc2C)CCCCC1. The Bertz CT molecular complexity index is 719. The second-order valence-corrected chi connectivity index (χ2v) is 7.57. The Balaban J connectivity index is 1.76. The van der Waals surface area contributed by atoms with Gasteiger partial charge in [-0.05, 0) is 50.3 Å². The molecule has 6 nitrogen and oxygen atoms in total. The molecule has 0 unspecified atom stereocenters. The molecule has 6 heteroatoms. The van der Waals surface area contributed by atoms with Crippen molar-refractivity contribution in [2.75, 3.05) is 10.6 Å². The Kier molecular flexibility index (Phi) is 5.30. The first-order chi connectivity index (χ1) is 12.4. The molecule has 3 rings (SSSR count). The van der Waals surface area contributed by atoms with Crippen LogP contribution in [0.2, 0.25) is 0 Å². The topological polar surface area (TPSA) is 87.3 Å². The number of hydrogen-bond donors (Lipinski definition) is 3. The van der Waals surface area contributed by atoms with Crippen LogP contribution in [-0.4, -0.2) is 23.3 Å². The average Bonchev–Trinajstić information content (AvgIpc) is 3.43. The summed E-state index contributed by atoms with van der Waals surface area (Å²) in [5, 5.41) is 8.77. The number of benzene rings is 1. The molecule has 0 aliphatic heterocycles. The monoisotopic (exact) mass is 357 g/mol. The van der Waals surface area contributed by atoms with Gasteiger partial charge in [0.1, 0.15) is 5.54 Å². The average molecular weight is 357 g/mol. The molecule has 0 saturated heterocycles. The highest BCUT2D eigenvalue weighted by atomic mass is 16.2. The predicted octanol–water partition coefficient (Wildman–Crippen LogP) is 3.12. The Morgan fingerprint density at radius 2 is 1.73 bits per heavy atom. The lowest BCUT2D eigenvalue weighted by Crippen LogP contribution is -2.57. The van der Waals surface area contributed by atoms with Crippen LogP contribution in [0.3, 0.4) is 0 Å². The Morgan fingerprint density at radius 3 is 2.35 bits per heavy atom. The van der Waals surface area contributed by atoms with Gasteiger partial charge < -0.3 is 16.0 Å². The highest BCUT2D eigenvalue weighted by molar-refractivity contribution is 6.02. The normalized spacial score (nSPS) is 18.7. The molecule has 26 heavy (non-hydrogen) atoms. The van der Waals surface area contributed by atoms with E-state index in [2.05, 4.69) is 16.0 Å². The molecule has 1 aromatic carbocycles. The number of amides is 3. The smallest absolute Gasteiger partial charge is 0.250 e. The van der Waals surface area contributed by atoms with Crippen molar-refractivity contribution in [3.8, 4) is 0 Å². The van der Waals surface area contributed by atoms with Crippen molar-refractivity contribution in [1.29, 1.82) is 0 Å². The Hall–Kier alpha value is -2.37. The second-order valence-electron chi connectivity index (χ2n) is 7.57. The molecule has 0 bridgehead atoms. The van der Waals surface area contributed by atoms with Crippen molar-refractivity contribution < 1.29 is 14.4 Å². The summed E-state index contributed by atoms with van der Waals surface area (Å²) in [6, 6.07) is 5.51. The van der Waals surface area contributed by atoms with E-state index in [0.717, 1.165) is 37.7 Å². The van der Waals surface area contributed by atoms with E-state index in [4.69, 9.17) is 0 Å². The minimum atomic E-state index is -0.843. The third kappa shape index (κ3) is 4.23. The minimum Gasteiger partial charge on any atom is -0.342 e. The summed E-state index contributed by atoms with van der Waals surface area (Å²) in [5.41, 5.74) is 1.42. The fraction of sp³-hybridized carbons (Fsp3) is 0.550. The summed E-state index contributed by atoms with van der Waals surface area (Å²) in [6.07, 6.45) is 6.11. The van der Waals surface area contributed by atoms with Gasteiger partial charge in [-0.15, -0.1) is 0 Å². The maximum Gasteiger partial charge on any atom is 0.250 e. The van der Waals surface area contributed by atoms with Crippen LogP contribution in [0.25, 0.3) is 0 Å². The third-order valence-electron chi connectivity index (χ3n) is 5.26. The standard InChI is InChI=1S/C20H27N3O3/c1-13-6-9-16(21-18(25)15-7-8-15)12-17(13)22-19(26)20(23-14(2)24)10-4-3-5-11-20/h6,9,12,15H,3-5,7-8,10-11H2,1-2H3,(H,21,25)(H,22,26)(H,23,24). The van der Waals surface area contributed by atoms with E-state index in [-0.39, 0.29) is 23.6 Å². The number of nitrogens with one attached hydrogen (secondary N) is 3. The number of carbonyl (C=O) groups is 3. The summed E-state index contributed by atoms with van der Waals surface area (Å²) in [4.78, 5) is 36.6. The molecule has 0 spiro atoms. The highest BCUT2D eigenvalue weighted by Crippen LogP contribution is 2.32. The summed E-state index contributed by atoms with van der Waals surface area (Å²) >= 11 is 0. The second kappa shape index (κ2) is 7.48. The van der Waals surface area contributed by atoms with E-state index in [0.29, 0.717) is 24.2 Å². The van der Waals surface area contributed by atoms with Crippen molar-refractivity contribution >= 4 is 29.1 Å². The third-order valence-corrected chi connectivity index (χ3v) is 5.26. The van der Waals surface area contributed by atoms with Crippen LogP contribution in [0.5, 0.6) is 0 Å². The zero-order valence-electron chi connectivity index (χ0n) is 15.5. The molecular formula is C20H27N3O3. The maximum atomic E-state index is 13.0. The van der Waals surface area contributed by atoms with E-state index < -0.39 is 5.54 Å². The molecule has 2 fully saturated rings. The van der Waals surface area contributed by atoms with Crippen LogP contribution < -0.4 is 16.0 Å². The lowest BCUT2D eigenvalue weighted by Gasteiger charge is -2.36. The van der Waals surface area contributed by atoms with Crippen LogP contribution in [0, 0.1) is 12.8 Å². The number of carbonyl (C=O) groups excluding carboxylic acids is 3. The molecule has 2 aliphatic carbocycles. The molecular weight excluding hydrogens is 330 g/mol. The molecule has 2 aliphatic rings. The van der Waals surface area contributed by atoms with Crippen molar-refractivity contribution in [3.63, 3.8) is 0 Å². The lowest BCUT2D eigenvalue weighted by molar-refractivity contribution is -0.130. The first-order valence-corrected chi connectivity index (χ1v) is 9.41. The van der Waals surface area contributed by atoms with E-state index in [1.807, 2.05) is 19.1 Å². The molecule has 2 saturated carbocycles. The van der Waals surface area contributed by atoms with Gasteiger partial charge in [0, 0.05) is 24.2 Å². The van der Waals surface area contributed by atoms with Crippen LogP contribution in [0.4, 0.5) is 11.4 Å². The first-order valence-electron chi connectivity index (χ1n) is 9.41. The molecule has 3 amide bonds. The van der Waals surface area contributed by atoms with E-state index in [9.17, 15) is 14.4 Å². The highest BCUT2D eigenvalue weighted by Gasteiger charge is 2.40. The van der Waals surface area contributed by atoms with Crippen molar-refractivity contribution in [2.45, 2.75) is 64.3 Å². The zero-order valence-corrected chi connectivity index (χ0v) is 15.5. The number of anilines is 2. The van der Waals surface area contributed by atoms with Crippen molar-refractivity contribution in [2.24, 2.45) is 5.92 Å². The largest absolute Gasteiger partial charge is 0.342 e. The number of aryl methyl sites for hydroxylation is 1. The van der Waals surface area contributed by atoms with Crippen LogP contribution in [0.1, 0.15) is 57.4 Å². The maximum absolute atomic E-state index is 13.0. The minimum absolute atomic E-state index is 0.0353. The molecule has 3 N–H and O–H groups in total. The fourth-order valence-electron chi connectivity index (χ4n) is 3.57. The van der Waals surface area contributed by atoms with Gasteiger partial charge in [-0.1, -0.05) is 25.3 Å². The van der Waals surface area contributed by atoms with Gasteiger partial charge in [-0.3, -0.25) is 14.4 Å². The van der Waals surface area contributed by atoms with Gasteiger partial charge in [0.2, 0.25) is 17.7 Å². The molecule has 140 valence electrons. The number of hydrogen-bond acceptors (Lipinski definition) is 3. The van der Waals surface area contributed by atoms with Crippen LogP contribution in [-0.2, 0) is 14.4 Å². The fourth-order valence-corrected chi connectivity index (χ4v) is 3.57. The summed E-state index contributed by atoms with van der Waals surface area (Å²) in [6.45, 7) is 3.36. The first kappa shape index (κ1) is 18.4. The van der Waals surface area contributed by atoms with Gasteiger partial charge in [-0.25, -0.2) is 0 Å². The van der Waals surface area contributed by atoms with Crippen LogP contribution in [0.15, 0.2) is 18.2 Å². The molecule has 0 heterocycles. The van der Waals surface area contributed by atoms with Crippen molar-refractivity contribution in [3.05, 3.63) is 23.8 Å². The molecule has 0 aromatic heterocycles. The lowest BCUT2D eigenvalue weighted by atomic mass is 9.80. The van der Waals surface area contributed by atoms with Crippen molar-refractivity contribution in [1.82, 2.24) is 5.32 Å². The van der Waals surface area contributed by atoms with Gasteiger partial charge in [0.15, 0.2) is 0 Å². The summed E-state index contributed by atoms with van der Waals surface area (Å²) < 4.78 is 0. The molecule has 0 radical (unpaired) electrons. The van der Waals surface area contributed by atoms with Gasteiger partial charge in [-0.2, -0.15) is 0 Å². The predicted molar refractivity (Wildman–Crippen MR) is 101 cm³/mol. The van der Waals surface area contributed by atoms with E-state index in [1.54, 1.807) is 6.07 Å². The quantitative estimate of drug-likeness (QED) is 0.756. The van der Waals surface area contributed by atoms with E-state index in [1.165, 1.54) is 6.92 Å².